The van der Waals surface area contributed by atoms with Gasteiger partial charge in [-0.15, -0.1) is 0 Å². The molecule has 0 amide bonds. The van der Waals surface area contributed by atoms with Crippen molar-refractivity contribution in [2.24, 2.45) is 0 Å². The average molecular weight is 256 g/mol. The third kappa shape index (κ3) is 3.82. The Balaban J connectivity index is 2.97. The summed E-state index contributed by atoms with van der Waals surface area (Å²) in [6.07, 6.45) is 1.52. The highest BCUT2D eigenvalue weighted by Gasteiger charge is 2.26. The van der Waals surface area contributed by atoms with E-state index in [1.54, 1.807) is 27.7 Å². The Kier molecular flexibility index (Phi) is 3.88. The number of halogens is 1. The fourth-order valence-corrected chi connectivity index (χ4v) is 1.34. The van der Waals surface area contributed by atoms with Gasteiger partial charge in [0.1, 0.15) is 10.8 Å². The molecule has 1 aromatic rings. The molecule has 0 saturated heterocycles. The summed E-state index contributed by atoms with van der Waals surface area (Å²) in [6, 6.07) is 1.52. The third-order valence-corrected chi connectivity index (χ3v) is 2.11. The second kappa shape index (κ2) is 4.84. The summed E-state index contributed by atoms with van der Waals surface area (Å²) >= 11 is 5.77. The molecular weight excluding hydrogens is 242 g/mol. The summed E-state index contributed by atoms with van der Waals surface area (Å²) < 4.78 is 4.97. The van der Waals surface area contributed by atoms with Gasteiger partial charge in [-0.1, -0.05) is 11.6 Å². The van der Waals surface area contributed by atoms with Gasteiger partial charge >= 0.3 is 5.97 Å². The van der Waals surface area contributed by atoms with Crippen LogP contribution in [0.2, 0.25) is 5.15 Å². The van der Waals surface area contributed by atoms with Crippen LogP contribution in [0, 0.1) is 6.92 Å². The second-order valence-electron chi connectivity index (χ2n) is 4.68. The zero-order valence-corrected chi connectivity index (χ0v) is 11.0. The number of esters is 1. The van der Waals surface area contributed by atoms with E-state index in [1.165, 1.54) is 12.3 Å². The number of rotatable bonds is 2. The number of Topliss-reactive ketones (excluding diaryl/α,β-unsaturated/α-hetero) is 1. The summed E-state index contributed by atoms with van der Waals surface area (Å²) in [4.78, 5) is 27.2. The lowest BCUT2D eigenvalue weighted by molar-refractivity contribution is -0.148. The Labute approximate surface area is 105 Å². The lowest BCUT2D eigenvalue weighted by atomic mass is 10.1. The van der Waals surface area contributed by atoms with Crippen LogP contribution < -0.4 is 0 Å². The van der Waals surface area contributed by atoms with Gasteiger partial charge in [-0.05, 0) is 39.3 Å². The van der Waals surface area contributed by atoms with E-state index in [0.717, 1.165) is 5.56 Å². The molecular formula is C12H14ClNO3. The second-order valence-corrected chi connectivity index (χ2v) is 5.04. The standard InChI is InChI=1S/C12H14ClNO3/c1-7-5-8(10(13)14-6-7)9(15)11(16)17-12(2,3)4/h5-6H,1-4H3. The molecule has 0 aromatic carbocycles. The van der Waals surface area contributed by atoms with E-state index in [9.17, 15) is 9.59 Å². The zero-order chi connectivity index (χ0) is 13.2. The number of pyridine rings is 1. The van der Waals surface area contributed by atoms with Gasteiger partial charge in [0.25, 0.3) is 5.78 Å². The Morgan fingerprint density at radius 3 is 2.47 bits per heavy atom. The maximum absolute atomic E-state index is 11.8. The lowest BCUT2D eigenvalue weighted by Crippen LogP contribution is -2.29. The fraction of sp³-hybridized carbons (Fsp3) is 0.417. The molecule has 0 aliphatic carbocycles. The molecule has 0 saturated carbocycles. The summed E-state index contributed by atoms with van der Waals surface area (Å²) in [7, 11) is 0. The largest absolute Gasteiger partial charge is 0.454 e. The molecule has 0 aliphatic heterocycles. The van der Waals surface area contributed by atoms with Gasteiger partial charge in [0.05, 0.1) is 5.56 Å². The molecule has 0 atom stereocenters. The minimum Gasteiger partial charge on any atom is -0.454 e. The maximum Gasteiger partial charge on any atom is 0.380 e. The van der Waals surface area contributed by atoms with E-state index in [4.69, 9.17) is 16.3 Å². The quantitative estimate of drug-likeness (QED) is 0.353. The Morgan fingerprint density at radius 1 is 1.35 bits per heavy atom. The highest BCUT2D eigenvalue weighted by Crippen LogP contribution is 2.17. The van der Waals surface area contributed by atoms with Crippen molar-refractivity contribution in [1.82, 2.24) is 4.98 Å². The Hall–Kier alpha value is -1.42. The molecule has 0 fully saturated rings. The molecule has 1 heterocycles. The molecule has 92 valence electrons. The van der Waals surface area contributed by atoms with Crippen LogP contribution in [0.15, 0.2) is 12.3 Å². The van der Waals surface area contributed by atoms with E-state index in [-0.39, 0.29) is 10.7 Å². The van der Waals surface area contributed by atoms with E-state index in [1.807, 2.05) is 0 Å². The summed E-state index contributed by atoms with van der Waals surface area (Å²) in [5.74, 6) is -1.70. The average Bonchev–Trinajstić information content (AvgIpc) is 2.18. The SMILES string of the molecule is Cc1cnc(Cl)c(C(=O)C(=O)OC(C)(C)C)c1. The van der Waals surface area contributed by atoms with Crippen molar-refractivity contribution in [3.63, 3.8) is 0 Å². The molecule has 1 rings (SSSR count). The summed E-state index contributed by atoms with van der Waals surface area (Å²) in [5, 5.41) is 0.00598. The number of carbonyl (C=O) groups is 2. The molecule has 4 nitrogen and oxygen atoms in total. The molecule has 0 unspecified atom stereocenters. The van der Waals surface area contributed by atoms with Crippen molar-refractivity contribution >= 4 is 23.4 Å². The number of hydrogen-bond donors (Lipinski definition) is 0. The van der Waals surface area contributed by atoms with Crippen LogP contribution in [-0.2, 0) is 9.53 Å². The van der Waals surface area contributed by atoms with Crippen LogP contribution in [0.25, 0.3) is 0 Å². The first-order chi connectivity index (χ1) is 7.70. The van der Waals surface area contributed by atoms with Gasteiger partial charge in [0.2, 0.25) is 0 Å². The first-order valence-electron chi connectivity index (χ1n) is 5.10. The minimum absolute atomic E-state index is 0.00598. The summed E-state index contributed by atoms with van der Waals surface area (Å²) in [6.45, 7) is 6.83. The van der Waals surface area contributed by atoms with Gasteiger partial charge in [-0.2, -0.15) is 0 Å². The first-order valence-corrected chi connectivity index (χ1v) is 5.48. The van der Waals surface area contributed by atoms with E-state index in [0.29, 0.717) is 0 Å². The van der Waals surface area contributed by atoms with E-state index in [2.05, 4.69) is 4.98 Å². The van der Waals surface area contributed by atoms with Crippen molar-refractivity contribution in [2.75, 3.05) is 0 Å². The van der Waals surface area contributed by atoms with E-state index >= 15 is 0 Å². The molecule has 1 aromatic heterocycles. The van der Waals surface area contributed by atoms with Gasteiger partial charge in [-0.3, -0.25) is 4.79 Å². The fourth-order valence-electron chi connectivity index (χ4n) is 1.15. The zero-order valence-electron chi connectivity index (χ0n) is 10.2. The smallest absolute Gasteiger partial charge is 0.380 e. The molecule has 5 heteroatoms. The van der Waals surface area contributed by atoms with Crippen molar-refractivity contribution in [3.8, 4) is 0 Å². The summed E-state index contributed by atoms with van der Waals surface area (Å²) in [5.41, 5.74) is 0.110. The normalized spacial score (nSPS) is 11.1. The van der Waals surface area contributed by atoms with Gasteiger partial charge in [0, 0.05) is 6.20 Å². The maximum atomic E-state index is 11.8. The molecule has 0 N–H and O–H groups in total. The van der Waals surface area contributed by atoms with E-state index < -0.39 is 17.4 Å². The number of ketones is 1. The van der Waals surface area contributed by atoms with Crippen molar-refractivity contribution in [2.45, 2.75) is 33.3 Å². The van der Waals surface area contributed by atoms with Crippen LogP contribution in [-0.4, -0.2) is 22.3 Å². The molecule has 0 spiro atoms. The van der Waals surface area contributed by atoms with Crippen LogP contribution in [0.5, 0.6) is 0 Å². The number of ether oxygens (including phenoxy) is 1. The van der Waals surface area contributed by atoms with Gasteiger partial charge in [-0.25, -0.2) is 9.78 Å². The molecule has 0 bridgehead atoms. The highest BCUT2D eigenvalue weighted by molar-refractivity contribution is 6.45. The highest BCUT2D eigenvalue weighted by atomic mass is 35.5. The van der Waals surface area contributed by atoms with Gasteiger partial charge in [0.15, 0.2) is 0 Å². The van der Waals surface area contributed by atoms with Crippen molar-refractivity contribution in [3.05, 3.63) is 28.5 Å². The topological polar surface area (TPSA) is 56.3 Å². The first kappa shape index (κ1) is 13.6. The number of nitrogens with zero attached hydrogens (tertiary/aromatic N) is 1. The Bertz CT molecular complexity index is 463. The molecule has 0 aliphatic rings. The predicted molar refractivity (Wildman–Crippen MR) is 64.2 cm³/mol. The minimum atomic E-state index is -0.924. The van der Waals surface area contributed by atoms with Crippen molar-refractivity contribution in [1.29, 1.82) is 0 Å². The van der Waals surface area contributed by atoms with Crippen molar-refractivity contribution < 1.29 is 14.3 Å². The van der Waals surface area contributed by atoms with Crippen LogP contribution in [0.3, 0.4) is 0 Å². The molecule has 17 heavy (non-hydrogen) atoms. The monoisotopic (exact) mass is 255 g/mol. The van der Waals surface area contributed by atoms with Crippen LogP contribution >= 0.6 is 11.6 Å². The number of hydrogen-bond acceptors (Lipinski definition) is 4. The van der Waals surface area contributed by atoms with Gasteiger partial charge < -0.3 is 4.74 Å². The van der Waals surface area contributed by atoms with Crippen LogP contribution in [0.4, 0.5) is 0 Å². The Morgan fingerprint density at radius 2 is 1.94 bits per heavy atom. The number of carbonyl (C=O) groups excluding carboxylic acids is 2. The lowest BCUT2D eigenvalue weighted by Gasteiger charge is -2.18. The number of aryl methyl sites for hydroxylation is 1. The predicted octanol–water partition coefficient (Wildman–Crippen LogP) is 2.57. The van der Waals surface area contributed by atoms with Crippen LogP contribution in [0.1, 0.15) is 36.7 Å². The number of aromatic nitrogens is 1. The molecule has 0 radical (unpaired) electrons. The third-order valence-electron chi connectivity index (χ3n) is 1.80.